The Labute approximate surface area is 197 Å². The van der Waals surface area contributed by atoms with Gasteiger partial charge in [-0.3, -0.25) is 9.78 Å². The number of aromatic nitrogens is 3. The van der Waals surface area contributed by atoms with E-state index < -0.39 is 0 Å². The fourth-order valence-corrected chi connectivity index (χ4v) is 4.76. The quantitative estimate of drug-likeness (QED) is 0.377. The van der Waals surface area contributed by atoms with E-state index in [4.69, 9.17) is 22.3 Å². The number of nitrogens with zero attached hydrogens (tertiary/aromatic N) is 3. The molecule has 2 heterocycles. The molecule has 0 spiro atoms. The molecule has 166 valence electrons. The van der Waals surface area contributed by atoms with Gasteiger partial charge in [-0.25, -0.2) is 9.97 Å². The van der Waals surface area contributed by atoms with Crippen molar-refractivity contribution in [3.8, 4) is 22.5 Å². The molecule has 3 N–H and O–H groups in total. The third-order valence-corrected chi connectivity index (χ3v) is 6.40. The molecule has 1 aliphatic rings. The Balaban J connectivity index is 1.59. The van der Waals surface area contributed by atoms with Crippen molar-refractivity contribution in [1.82, 2.24) is 15.0 Å². The lowest BCUT2D eigenvalue weighted by Gasteiger charge is -2.15. The van der Waals surface area contributed by atoms with Gasteiger partial charge < -0.3 is 11.1 Å². The largest absolute Gasteiger partial charge is 0.381 e. The normalized spacial score (nSPS) is 14.0. The Morgan fingerprint density at radius 2 is 1.76 bits per heavy atom. The number of halogens is 1. The van der Waals surface area contributed by atoms with Crippen molar-refractivity contribution in [2.45, 2.75) is 32.1 Å². The molecule has 33 heavy (non-hydrogen) atoms. The van der Waals surface area contributed by atoms with Crippen LogP contribution in [0, 0.1) is 5.92 Å². The molecule has 1 fully saturated rings. The molecule has 0 unspecified atom stereocenters. The fourth-order valence-electron chi connectivity index (χ4n) is 4.48. The Kier molecular flexibility index (Phi) is 5.92. The van der Waals surface area contributed by atoms with Gasteiger partial charge in [0.15, 0.2) is 11.6 Å². The first-order valence-electron chi connectivity index (χ1n) is 11.2. The molecule has 7 heteroatoms. The van der Waals surface area contributed by atoms with Gasteiger partial charge in [-0.2, -0.15) is 0 Å². The average molecular weight is 458 g/mol. The minimum Gasteiger partial charge on any atom is -0.381 e. The summed E-state index contributed by atoms with van der Waals surface area (Å²) in [6.07, 6.45) is 6.75. The number of hydrogen-bond acceptors (Lipinski definition) is 5. The summed E-state index contributed by atoms with van der Waals surface area (Å²) in [7, 11) is 0. The number of rotatable bonds is 5. The second kappa shape index (κ2) is 9.16. The fraction of sp³-hybridized carbons (Fsp3) is 0.231. The highest BCUT2D eigenvalue weighted by Crippen LogP contribution is 2.36. The molecular formula is C26H24ClN5O. The molecule has 0 saturated heterocycles. The first kappa shape index (κ1) is 21.3. The van der Waals surface area contributed by atoms with Crippen LogP contribution in [0.1, 0.15) is 32.1 Å². The number of fused-ring (bicyclic) bond motifs is 1. The highest BCUT2D eigenvalue weighted by atomic mass is 35.5. The summed E-state index contributed by atoms with van der Waals surface area (Å²) in [5.74, 6) is 0.803. The number of carbonyl (C=O) groups is 1. The van der Waals surface area contributed by atoms with Crippen LogP contribution in [0.4, 0.5) is 11.6 Å². The summed E-state index contributed by atoms with van der Waals surface area (Å²) in [5, 5.41) is 4.31. The van der Waals surface area contributed by atoms with Gasteiger partial charge in [-0.05, 0) is 37.0 Å². The van der Waals surface area contributed by atoms with Gasteiger partial charge in [0.2, 0.25) is 5.91 Å². The van der Waals surface area contributed by atoms with Crippen LogP contribution < -0.4 is 11.1 Å². The molecule has 1 aliphatic carbocycles. The number of carbonyl (C=O) groups excluding carboxylic acids is 1. The van der Waals surface area contributed by atoms with Gasteiger partial charge in [-0.1, -0.05) is 60.8 Å². The molecule has 1 saturated carbocycles. The minimum atomic E-state index is -0.0814. The Morgan fingerprint density at radius 3 is 2.55 bits per heavy atom. The number of nitrogens with one attached hydrogen (secondary N) is 1. The summed E-state index contributed by atoms with van der Waals surface area (Å²) in [4.78, 5) is 26.5. The first-order chi connectivity index (χ1) is 16.1. The van der Waals surface area contributed by atoms with Crippen LogP contribution in [0.3, 0.4) is 0 Å². The summed E-state index contributed by atoms with van der Waals surface area (Å²) in [6.45, 7) is 0. The Bertz CT molecular complexity index is 1320. The SMILES string of the molecule is Nc1nc(-c2ccccc2)c(-c2cc(Cl)c3ncccc3c2)nc1NC(=O)CC1CCCC1. The number of anilines is 2. The Morgan fingerprint density at radius 1 is 1.00 bits per heavy atom. The molecule has 0 atom stereocenters. The van der Waals surface area contributed by atoms with Crippen LogP contribution in [0.5, 0.6) is 0 Å². The van der Waals surface area contributed by atoms with Crippen molar-refractivity contribution >= 4 is 40.0 Å². The molecule has 1 amide bonds. The predicted molar refractivity (Wildman–Crippen MR) is 133 cm³/mol. The van der Waals surface area contributed by atoms with E-state index in [1.165, 1.54) is 12.8 Å². The van der Waals surface area contributed by atoms with Gasteiger partial charge in [0.05, 0.1) is 21.9 Å². The van der Waals surface area contributed by atoms with E-state index in [2.05, 4.69) is 15.3 Å². The highest BCUT2D eigenvalue weighted by molar-refractivity contribution is 6.35. The summed E-state index contributed by atoms with van der Waals surface area (Å²) in [6, 6.07) is 17.3. The zero-order valence-corrected chi connectivity index (χ0v) is 18.8. The van der Waals surface area contributed by atoms with Crippen LogP contribution in [0.25, 0.3) is 33.4 Å². The van der Waals surface area contributed by atoms with Crippen LogP contribution >= 0.6 is 11.6 Å². The number of nitrogen functional groups attached to an aromatic ring is 1. The van der Waals surface area contributed by atoms with Crippen molar-refractivity contribution in [2.24, 2.45) is 5.92 Å². The third kappa shape index (κ3) is 4.52. The lowest BCUT2D eigenvalue weighted by Crippen LogP contribution is -2.18. The number of amides is 1. The number of pyridine rings is 1. The van der Waals surface area contributed by atoms with Crippen molar-refractivity contribution in [3.63, 3.8) is 0 Å². The molecular weight excluding hydrogens is 434 g/mol. The highest BCUT2D eigenvalue weighted by Gasteiger charge is 2.21. The average Bonchev–Trinajstić information content (AvgIpc) is 3.33. The van der Waals surface area contributed by atoms with E-state index in [1.807, 2.05) is 54.6 Å². The van der Waals surface area contributed by atoms with E-state index in [9.17, 15) is 4.79 Å². The smallest absolute Gasteiger partial charge is 0.225 e. The van der Waals surface area contributed by atoms with Crippen molar-refractivity contribution in [1.29, 1.82) is 0 Å². The number of hydrogen-bond donors (Lipinski definition) is 2. The van der Waals surface area contributed by atoms with Crippen molar-refractivity contribution in [2.75, 3.05) is 11.1 Å². The van der Waals surface area contributed by atoms with Gasteiger partial charge in [-0.15, -0.1) is 0 Å². The molecule has 5 rings (SSSR count). The van der Waals surface area contributed by atoms with E-state index in [1.54, 1.807) is 6.20 Å². The number of nitrogens with two attached hydrogens (primary N) is 1. The van der Waals surface area contributed by atoms with E-state index in [-0.39, 0.29) is 17.5 Å². The molecule has 2 aromatic heterocycles. The van der Waals surface area contributed by atoms with Gasteiger partial charge in [0.25, 0.3) is 0 Å². The van der Waals surface area contributed by atoms with Gasteiger partial charge in [0, 0.05) is 29.1 Å². The summed E-state index contributed by atoms with van der Waals surface area (Å²) < 4.78 is 0. The van der Waals surface area contributed by atoms with Crippen LogP contribution in [0.2, 0.25) is 5.02 Å². The molecule has 2 aromatic carbocycles. The first-order valence-corrected chi connectivity index (χ1v) is 11.5. The van der Waals surface area contributed by atoms with E-state index in [0.717, 1.165) is 34.9 Å². The molecule has 4 aromatic rings. The van der Waals surface area contributed by atoms with E-state index in [0.29, 0.717) is 28.7 Å². The third-order valence-electron chi connectivity index (χ3n) is 6.11. The Hall–Kier alpha value is -3.51. The minimum absolute atomic E-state index is 0.0814. The lowest BCUT2D eigenvalue weighted by atomic mass is 10.0. The molecule has 0 radical (unpaired) electrons. The van der Waals surface area contributed by atoms with Crippen molar-refractivity contribution < 1.29 is 4.79 Å². The monoisotopic (exact) mass is 457 g/mol. The molecule has 0 bridgehead atoms. The van der Waals surface area contributed by atoms with Crippen LogP contribution in [0.15, 0.2) is 60.8 Å². The summed E-state index contributed by atoms with van der Waals surface area (Å²) in [5.41, 5.74) is 9.85. The number of benzene rings is 2. The maximum absolute atomic E-state index is 12.7. The molecule has 0 aliphatic heterocycles. The predicted octanol–water partition coefficient (Wildman–Crippen LogP) is 6.11. The lowest BCUT2D eigenvalue weighted by molar-refractivity contribution is -0.117. The second-order valence-electron chi connectivity index (χ2n) is 8.46. The van der Waals surface area contributed by atoms with E-state index >= 15 is 0 Å². The van der Waals surface area contributed by atoms with Gasteiger partial charge >= 0.3 is 0 Å². The van der Waals surface area contributed by atoms with Gasteiger partial charge in [0.1, 0.15) is 0 Å². The maximum Gasteiger partial charge on any atom is 0.225 e. The molecule has 6 nitrogen and oxygen atoms in total. The summed E-state index contributed by atoms with van der Waals surface area (Å²) >= 11 is 6.56. The second-order valence-corrected chi connectivity index (χ2v) is 8.86. The van der Waals surface area contributed by atoms with Crippen LogP contribution in [-0.2, 0) is 4.79 Å². The van der Waals surface area contributed by atoms with Crippen LogP contribution in [-0.4, -0.2) is 20.9 Å². The zero-order chi connectivity index (χ0) is 22.8. The maximum atomic E-state index is 12.7. The topological polar surface area (TPSA) is 93.8 Å². The zero-order valence-electron chi connectivity index (χ0n) is 18.1. The van der Waals surface area contributed by atoms with Crippen molar-refractivity contribution in [3.05, 3.63) is 65.8 Å². The standard InChI is InChI=1S/C26H24ClN5O/c27-20-15-19(14-18-11-6-12-29-22(18)20)24-23(17-9-2-1-3-10-17)31-25(28)26(32-24)30-21(33)13-16-7-4-5-8-16/h1-3,6,9-12,14-16H,4-5,7-8,13H2,(H2,28,31)(H,30,32,33).